The van der Waals surface area contributed by atoms with Gasteiger partial charge in [0.05, 0.1) is 37.9 Å². The molecule has 7 heteroatoms. The van der Waals surface area contributed by atoms with Crippen molar-refractivity contribution in [2.75, 3.05) is 13.7 Å². The third kappa shape index (κ3) is 7.33. The Morgan fingerprint density at radius 2 is 1.82 bits per heavy atom. The van der Waals surface area contributed by atoms with Crippen LogP contribution < -0.4 is 4.74 Å². The zero-order valence-corrected chi connectivity index (χ0v) is 22.7. The highest BCUT2D eigenvalue weighted by molar-refractivity contribution is 5.95. The van der Waals surface area contributed by atoms with Crippen LogP contribution >= 0.6 is 0 Å². The van der Waals surface area contributed by atoms with Crippen LogP contribution in [0.1, 0.15) is 31.9 Å². The molecule has 204 valence electrons. The summed E-state index contributed by atoms with van der Waals surface area (Å²) in [7, 11) is 1.62. The van der Waals surface area contributed by atoms with Crippen LogP contribution in [0.25, 0.3) is 0 Å². The number of hydrogen-bond donors (Lipinski definition) is 1. The van der Waals surface area contributed by atoms with Crippen LogP contribution in [0.3, 0.4) is 0 Å². The molecule has 1 saturated heterocycles. The number of nitrogens with zero attached hydrogens (tertiary/aromatic N) is 1. The number of cyclic esters (lactones) is 1. The SMILES string of the molecule is C=CC=CC(C)C(OCc1ccc(OC)cc1)C(C)C(O)C(C)C(=O)N1C(=O)OCC1Cc1ccccc1. The Labute approximate surface area is 225 Å². The minimum absolute atomic E-state index is 0.0687. The molecule has 3 rings (SSSR count). The number of methoxy groups -OCH3 is 1. The van der Waals surface area contributed by atoms with Gasteiger partial charge in [0.2, 0.25) is 5.91 Å². The molecule has 1 N–H and O–H groups in total. The Kier molecular flexibility index (Phi) is 10.7. The molecule has 2 aromatic carbocycles. The van der Waals surface area contributed by atoms with Gasteiger partial charge in [0, 0.05) is 11.8 Å². The summed E-state index contributed by atoms with van der Waals surface area (Å²) >= 11 is 0. The van der Waals surface area contributed by atoms with E-state index in [2.05, 4.69) is 6.58 Å². The highest BCUT2D eigenvalue weighted by Gasteiger charge is 2.43. The van der Waals surface area contributed by atoms with Crippen LogP contribution in [-0.4, -0.2) is 54.0 Å². The summed E-state index contributed by atoms with van der Waals surface area (Å²) in [5, 5.41) is 11.3. The standard InChI is InChI=1S/C31H39NO6/c1-6-7-11-21(2)29(37-19-25-14-16-27(36-5)17-15-25)22(3)28(33)23(4)30(34)32-26(20-38-31(32)35)18-24-12-9-8-10-13-24/h6-17,21-23,26,28-29,33H,1,18-20H2,2-5H3. The van der Waals surface area contributed by atoms with Gasteiger partial charge in [-0.05, 0) is 29.7 Å². The molecule has 7 nitrogen and oxygen atoms in total. The molecule has 2 amide bonds. The van der Waals surface area contributed by atoms with E-state index in [9.17, 15) is 14.7 Å². The van der Waals surface area contributed by atoms with Crippen LogP contribution in [0.4, 0.5) is 4.79 Å². The predicted octanol–water partition coefficient (Wildman–Crippen LogP) is 5.18. The summed E-state index contributed by atoms with van der Waals surface area (Å²) < 4.78 is 16.8. The minimum atomic E-state index is -1.05. The van der Waals surface area contributed by atoms with Crippen molar-refractivity contribution in [3.8, 4) is 5.75 Å². The number of hydrogen-bond acceptors (Lipinski definition) is 6. The molecule has 1 aliphatic heterocycles. The number of benzene rings is 2. The fraction of sp³-hybridized carbons (Fsp3) is 0.419. The van der Waals surface area contributed by atoms with E-state index in [1.165, 1.54) is 4.90 Å². The monoisotopic (exact) mass is 521 g/mol. The largest absolute Gasteiger partial charge is 0.497 e. The lowest BCUT2D eigenvalue weighted by Crippen LogP contribution is -2.48. The lowest BCUT2D eigenvalue weighted by atomic mass is 9.83. The van der Waals surface area contributed by atoms with Gasteiger partial charge in [0.1, 0.15) is 12.4 Å². The number of aliphatic hydroxyl groups is 1. The zero-order chi connectivity index (χ0) is 27.7. The van der Waals surface area contributed by atoms with Crippen LogP contribution in [0, 0.1) is 17.8 Å². The molecular formula is C31H39NO6. The van der Waals surface area contributed by atoms with Crippen LogP contribution in [0.15, 0.2) is 79.4 Å². The van der Waals surface area contributed by atoms with Crippen LogP contribution in [-0.2, 0) is 27.3 Å². The first-order valence-corrected chi connectivity index (χ1v) is 13.0. The first-order chi connectivity index (χ1) is 18.3. The summed E-state index contributed by atoms with van der Waals surface area (Å²) in [4.78, 5) is 27.2. The number of imide groups is 1. The Morgan fingerprint density at radius 1 is 1.13 bits per heavy atom. The number of carbonyl (C=O) groups excluding carboxylic acids is 2. The number of ether oxygens (including phenoxy) is 3. The summed E-state index contributed by atoms with van der Waals surface area (Å²) in [6.45, 7) is 9.73. The van der Waals surface area contributed by atoms with Crippen molar-refractivity contribution in [1.82, 2.24) is 4.90 Å². The van der Waals surface area contributed by atoms with Gasteiger partial charge in [-0.25, -0.2) is 9.69 Å². The van der Waals surface area contributed by atoms with Crippen molar-refractivity contribution in [2.45, 2.75) is 52.0 Å². The molecule has 0 bridgehead atoms. The second-order valence-electron chi connectivity index (χ2n) is 9.87. The first-order valence-electron chi connectivity index (χ1n) is 13.0. The minimum Gasteiger partial charge on any atom is -0.497 e. The maximum absolute atomic E-state index is 13.5. The van der Waals surface area contributed by atoms with E-state index in [4.69, 9.17) is 14.2 Å². The van der Waals surface area contributed by atoms with Gasteiger partial charge >= 0.3 is 6.09 Å². The van der Waals surface area contributed by atoms with Gasteiger partial charge in [-0.3, -0.25) is 4.79 Å². The third-order valence-corrected chi connectivity index (χ3v) is 7.14. The summed E-state index contributed by atoms with van der Waals surface area (Å²) in [6, 6.07) is 16.8. The number of allylic oxidation sites excluding steroid dienone is 2. The average Bonchev–Trinajstić information content (AvgIpc) is 3.30. The van der Waals surface area contributed by atoms with Crippen LogP contribution in [0.5, 0.6) is 5.75 Å². The molecule has 6 unspecified atom stereocenters. The maximum atomic E-state index is 13.5. The molecule has 2 aromatic rings. The summed E-state index contributed by atoms with van der Waals surface area (Å²) in [6.07, 6.45) is 3.88. The molecule has 38 heavy (non-hydrogen) atoms. The van der Waals surface area contributed by atoms with Crippen molar-refractivity contribution >= 4 is 12.0 Å². The molecule has 6 atom stereocenters. The molecule has 1 fully saturated rings. The Balaban J connectivity index is 1.73. The van der Waals surface area contributed by atoms with Crippen molar-refractivity contribution < 1.29 is 28.9 Å². The van der Waals surface area contributed by atoms with E-state index < -0.39 is 42.1 Å². The van der Waals surface area contributed by atoms with E-state index in [1.54, 1.807) is 20.1 Å². The van der Waals surface area contributed by atoms with E-state index in [-0.39, 0.29) is 12.5 Å². The lowest BCUT2D eigenvalue weighted by Gasteiger charge is -2.34. The number of carbonyl (C=O) groups is 2. The fourth-order valence-electron chi connectivity index (χ4n) is 4.84. The zero-order valence-electron chi connectivity index (χ0n) is 22.7. The smallest absolute Gasteiger partial charge is 0.416 e. The molecule has 0 radical (unpaired) electrons. The summed E-state index contributed by atoms with van der Waals surface area (Å²) in [5.41, 5.74) is 1.97. The van der Waals surface area contributed by atoms with Gasteiger partial charge in [0.15, 0.2) is 0 Å². The molecule has 0 aliphatic carbocycles. The highest BCUT2D eigenvalue weighted by Crippen LogP contribution is 2.29. The van der Waals surface area contributed by atoms with Crippen LogP contribution in [0.2, 0.25) is 0 Å². The van der Waals surface area contributed by atoms with Gasteiger partial charge < -0.3 is 19.3 Å². The Morgan fingerprint density at radius 3 is 2.45 bits per heavy atom. The molecule has 0 saturated carbocycles. The predicted molar refractivity (Wildman–Crippen MR) is 147 cm³/mol. The molecule has 0 spiro atoms. The number of amides is 2. The average molecular weight is 522 g/mol. The number of rotatable bonds is 13. The third-order valence-electron chi connectivity index (χ3n) is 7.14. The van der Waals surface area contributed by atoms with Crippen molar-refractivity contribution in [2.24, 2.45) is 17.8 Å². The Bertz CT molecular complexity index is 1080. The summed E-state index contributed by atoms with van der Waals surface area (Å²) in [5.74, 6) is -1.01. The molecule has 1 aliphatic rings. The lowest BCUT2D eigenvalue weighted by molar-refractivity contribution is -0.140. The Hall–Kier alpha value is -3.42. The fourth-order valence-corrected chi connectivity index (χ4v) is 4.84. The van der Waals surface area contributed by atoms with Gasteiger partial charge in [-0.2, -0.15) is 0 Å². The van der Waals surface area contributed by atoms with Gasteiger partial charge in [-0.1, -0.05) is 88.0 Å². The maximum Gasteiger partial charge on any atom is 0.416 e. The first kappa shape index (κ1) is 29.1. The van der Waals surface area contributed by atoms with Crippen molar-refractivity contribution in [3.63, 3.8) is 0 Å². The van der Waals surface area contributed by atoms with Crippen molar-refractivity contribution in [3.05, 3.63) is 90.5 Å². The van der Waals surface area contributed by atoms with Gasteiger partial charge in [0.25, 0.3) is 0 Å². The molecular weight excluding hydrogens is 482 g/mol. The molecule has 1 heterocycles. The normalized spacial score (nSPS) is 19.4. The topological polar surface area (TPSA) is 85.3 Å². The van der Waals surface area contributed by atoms with Crippen molar-refractivity contribution in [1.29, 1.82) is 0 Å². The van der Waals surface area contributed by atoms with E-state index in [0.29, 0.717) is 13.0 Å². The van der Waals surface area contributed by atoms with E-state index in [0.717, 1.165) is 16.9 Å². The van der Waals surface area contributed by atoms with E-state index >= 15 is 0 Å². The quantitative estimate of drug-likeness (QED) is 0.366. The second kappa shape index (κ2) is 13.9. The number of aliphatic hydroxyl groups excluding tert-OH is 1. The van der Waals surface area contributed by atoms with Gasteiger partial charge in [-0.15, -0.1) is 0 Å². The highest BCUT2D eigenvalue weighted by atomic mass is 16.6. The second-order valence-corrected chi connectivity index (χ2v) is 9.87. The molecule has 0 aromatic heterocycles. The van der Waals surface area contributed by atoms with E-state index in [1.807, 2.05) is 80.6 Å².